The van der Waals surface area contributed by atoms with E-state index in [0.717, 1.165) is 12.6 Å². The first-order valence-corrected chi connectivity index (χ1v) is 6.76. The Kier molecular flexibility index (Phi) is 4.02. The van der Waals surface area contributed by atoms with E-state index in [4.69, 9.17) is 0 Å². The lowest BCUT2D eigenvalue weighted by Gasteiger charge is -2.17. The molecule has 0 spiro atoms. The van der Waals surface area contributed by atoms with Crippen LogP contribution < -0.4 is 5.32 Å². The molecule has 1 aromatic heterocycles. The highest BCUT2D eigenvalue weighted by Crippen LogP contribution is 2.18. The van der Waals surface area contributed by atoms with Crippen molar-refractivity contribution in [3.05, 3.63) is 16.0 Å². The van der Waals surface area contributed by atoms with Crippen molar-refractivity contribution in [1.29, 1.82) is 0 Å². The average molecular weight is 319 g/mol. The number of aromatic nitrogens is 2. The minimum absolute atomic E-state index is 0.453. The van der Waals surface area contributed by atoms with Crippen molar-refractivity contribution >= 4 is 22.6 Å². The van der Waals surface area contributed by atoms with E-state index in [1.807, 2.05) is 10.9 Å². The Morgan fingerprint density at radius 1 is 1.60 bits per heavy atom. The standard InChI is InChI=1S/C11H18IN3/c1-9(15-8-10(12)7-14-15)6-13-11-4-2-3-5-11/h7-9,11,13H,2-6H2,1H3. The molecule has 1 N–H and O–H groups in total. The Morgan fingerprint density at radius 3 is 2.93 bits per heavy atom. The van der Waals surface area contributed by atoms with Gasteiger partial charge in [0.15, 0.2) is 0 Å². The number of hydrogen-bond acceptors (Lipinski definition) is 2. The van der Waals surface area contributed by atoms with E-state index in [0.29, 0.717) is 6.04 Å². The van der Waals surface area contributed by atoms with E-state index < -0.39 is 0 Å². The second-order valence-electron chi connectivity index (χ2n) is 4.38. The summed E-state index contributed by atoms with van der Waals surface area (Å²) in [5.41, 5.74) is 0. The molecule has 0 bridgehead atoms. The van der Waals surface area contributed by atoms with Gasteiger partial charge in [-0.25, -0.2) is 0 Å². The molecule has 0 amide bonds. The van der Waals surface area contributed by atoms with Gasteiger partial charge in [0.25, 0.3) is 0 Å². The van der Waals surface area contributed by atoms with Gasteiger partial charge in [0.2, 0.25) is 0 Å². The van der Waals surface area contributed by atoms with Gasteiger partial charge in [-0.05, 0) is 42.4 Å². The molecule has 0 radical (unpaired) electrons. The molecule has 15 heavy (non-hydrogen) atoms. The molecular formula is C11H18IN3. The summed E-state index contributed by atoms with van der Waals surface area (Å²) in [5.74, 6) is 0. The molecule has 1 aliphatic rings. The second kappa shape index (κ2) is 5.30. The monoisotopic (exact) mass is 319 g/mol. The van der Waals surface area contributed by atoms with E-state index in [-0.39, 0.29) is 0 Å². The lowest BCUT2D eigenvalue weighted by molar-refractivity contribution is 0.415. The van der Waals surface area contributed by atoms with Crippen LogP contribution in [-0.2, 0) is 0 Å². The Bertz CT molecular complexity index is 305. The van der Waals surface area contributed by atoms with Gasteiger partial charge in [-0.2, -0.15) is 5.10 Å². The number of nitrogens with one attached hydrogen (secondary N) is 1. The van der Waals surface area contributed by atoms with Crippen molar-refractivity contribution in [2.24, 2.45) is 0 Å². The van der Waals surface area contributed by atoms with Crippen LogP contribution in [0.1, 0.15) is 38.6 Å². The van der Waals surface area contributed by atoms with E-state index in [1.54, 1.807) is 0 Å². The maximum atomic E-state index is 4.33. The third-order valence-corrected chi connectivity index (χ3v) is 3.64. The molecule has 0 aliphatic heterocycles. The summed E-state index contributed by atoms with van der Waals surface area (Å²) in [6.07, 6.45) is 9.50. The molecule has 0 aromatic carbocycles. The highest BCUT2D eigenvalue weighted by Gasteiger charge is 2.15. The van der Waals surface area contributed by atoms with Crippen LogP contribution in [0, 0.1) is 3.57 Å². The van der Waals surface area contributed by atoms with Crippen LogP contribution in [-0.4, -0.2) is 22.4 Å². The Morgan fingerprint density at radius 2 is 2.33 bits per heavy atom. The largest absolute Gasteiger partial charge is 0.312 e. The van der Waals surface area contributed by atoms with Crippen molar-refractivity contribution in [2.45, 2.75) is 44.7 Å². The first-order chi connectivity index (χ1) is 7.25. The average Bonchev–Trinajstić information content (AvgIpc) is 2.84. The van der Waals surface area contributed by atoms with Gasteiger partial charge < -0.3 is 5.32 Å². The van der Waals surface area contributed by atoms with Crippen molar-refractivity contribution in [3.63, 3.8) is 0 Å². The minimum atomic E-state index is 0.453. The number of nitrogens with zero attached hydrogens (tertiary/aromatic N) is 2. The van der Waals surface area contributed by atoms with Crippen molar-refractivity contribution in [1.82, 2.24) is 15.1 Å². The molecule has 1 atom stereocenters. The first-order valence-electron chi connectivity index (χ1n) is 5.69. The van der Waals surface area contributed by atoms with Crippen LogP contribution in [0.5, 0.6) is 0 Å². The second-order valence-corrected chi connectivity index (χ2v) is 5.62. The SMILES string of the molecule is CC(CNC1CCCC1)n1cc(I)cn1. The summed E-state index contributed by atoms with van der Waals surface area (Å²) in [4.78, 5) is 0. The van der Waals surface area contributed by atoms with E-state index in [1.165, 1.54) is 29.3 Å². The Labute approximate surface area is 105 Å². The smallest absolute Gasteiger partial charge is 0.0623 e. The third kappa shape index (κ3) is 3.17. The zero-order valence-electron chi connectivity index (χ0n) is 9.12. The number of hydrogen-bond donors (Lipinski definition) is 1. The zero-order chi connectivity index (χ0) is 10.7. The van der Waals surface area contributed by atoms with Crippen LogP contribution >= 0.6 is 22.6 Å². The minimum Gasteiger partial charge on any atom is -0.312 e. The third-order valence-electron chi connectivity index (χ3n) is 3.08. The van der Waals surface area contributed by atoms with Gasteiger partial charge in [0.05, 0.1) is 15.8 Å². The summed E-state index contributed by atoms with van der Waals surface area (Å²) in [6.45, 7) is 3.24. The Balaban J connectivity index is 1.79. The van der Waals surface area contributed by atoms with Crippen LogP contribution in [0.2, 0.25) is 0 Å². The van der Waals surface area contributed by atoms with Gasteiger partial charge in [-0.1, -0.05) is 12.8 Å². The highest BCUT2D eigenvalue weighted by molar-refractivity contribution is 14.1. The van der Waals surface area contributed by atoms with E-state index >= 15 is 0 Å². The van der Waals surface area contributed by atoms with Crippen molar-refractivity contribution < 1.29 is 0 Å². The molecule has 3 nitrogen and oxygen atoms in total. The fourth-order valence-electron chi connectivity index (χ4n) is 2.12. The molecule has 1 aliphatic carbocycles. The fourth-order valence-corrected chi connectivity index (χ4v) is 2.53. The Hall–Kier alpha value is -0.100. The van der Waals surface area contributed by atoms with Gasteiger partial charge in [-0.3, -0.25) is 4.68 Å². The molecule has 1 fully saturated rings. The highest BCUT2D eigenvalue weighted by atomic mass is 127. The van der Waals surface area contributed by atoms with Crippen LogP contribution in [0.25, 0.3) is 0 Å². The van der Waals surface area contributed by atoms with Crippen molar-refractivity contribution in [2.75, 3.05) is 6.54 Å². The predicted octanol–water partition coefficient (Wildman–Crippen LogP) is 2.58. The molecule has 1 aromatic rings. The molecule has 2 rings (SSSR count). The molecule has 1 unspecified atom stereocenters. The van der Waals surface area contributed by atoms with Gasteiger partial charge in [-0.15, -0.1) is 0 Å². The predicted molar refractivity (Wildman–Crippen MR) is 69.9 cm³/mol. The molecule has 0 saturated heterocycles. The molecular weight excluding hydrogens is 301 g/mol. The van der Waals surface area contributed by atoms with Crippen LogP contribution in [0.15, 0.2) is 12.4 Å². The molecule has 1 heterocycles. The van der Waals surface area contributed by atoms with E-state index in [9.17, 15) is 0 Å². The number of halogens is 1. The summed E-state index contributed by atoms with van der Waals surface area (Å²) >= 11 is 2.30. The topological polar surface area (TPSA) is 29.9 Å². The maximum Gasteiger partial charge on any atom is 0.0623 e. The summed E-state index contributed by atoms with van der Waals surface area (Å²) < 4.78 is 3.25. The lowest BCUT2D eigenvalue weighted by atomic mass is 10.2. The summed E-state index contributed by atoms with van der Waals surface area (Å²) in [7, 11) is 0. The normalized spacial score (nSPS) is 19.6. The van der Waals surface area contributed by atoms with Gasteiger partial charge in [0.1, 0.15) is 0 Å². The van der Waals surface area contributed by atoms with Crippen molar-refractivity contribution in [3.8, 4) is 0 Å². The maximum absolute atomic E-state index is 4.33. The zero-order valence-corrected chi connectivity index (χ0v) is 11.3. The molecule has 4 heteroatoms. The molecule has 1 saturated carbocycles. The quantitative estimate of drug-likeness (QED) is 0.865. The fraction of sp³-hybridized carbons (Fsp3) is 0.727. The number of rotatable bonds is 4. The summed E-state index contributed by atoms with van der Waals surface area (Å²) in [6, 6.07) is 1.20. The first kappa shape index (κ1) is 11.4. The lowest BCUT2D eigenvalue weighted by Crippen LogP contribution is -2.31. The van der Waals surface area contributed by atoms with Crippen LogP contribution in [0.4, 0.5) is 0 Å². The molecule has 84 valence electrons. The van der Waals surface area contributed by atoms with Gasteiger partial charge >= 0.3 is 0 Å². The van der Waals surface area contributed by atoms with Gasteiger partial charge in [0, 0.05) is 18.8 Å². The van der Waals surface area contributed by atoms with Crippen LogP contribution in [0.3, 0.4) is 0 Å². The summed E-state index contributed by atoms with van der Waals surface area (Å²) in [5, 5.41) is 7.96. The van der Waals surface area contributed by atoms with E-state index in [2.05, 4.69) is 46.1 Å².